The molecule has 3 nitrogen and oxygen atoms in total. The molecule has 0 atom stereocenters. The molecule has 17 heavy (non-hydrogen) atoms. The number of methoxy groups -OCH3 is 1. The summed E-state index contributed by atoms with van der Waals surface area (Å²) in [5.41, 5.74) is 0.0697. The smallest absolute Gasteiger partial charge is 0.254 e. The van der Waals surface area contributed by atoms with Gasteiger partial charge < -0.3 is 10.1 Å². The summed E-state index contributed by atoms with van der Waals surface area (Å²) in [4.78, 5) is 11.8. The third-order valence-corrected chi connectivity index (χ3v) is 3.43. The molecule has 1 N–H and O–H groups in total. The van der Waals surface area contributed by atoms with Crippen LogP contribution in [0.2, 0.25) is 0 Å². The number of amides is 1. The highest BCUT2D eigenvalue weighted by atomic mass is 79.9. The van der Waals surface area contributed by atoms with Crippen LogP contribution in [0.1, 0.15) is 23.2 Å². The Morgan fingerprint density at radius 2 is 2.24 bits per heavy atom. The van der Waals surface area contributed by atoms with Crippen LogP contribution in [0.5, 0.6) is 0 Å². The van der Waals surface area contributed by atoms with Gasteiger partial charge in [-0.15, -0.1) is 0 Å². The summed E-state index contributed by atoms with van der Waals surface area (Å²) in [6.07, 6.45) is 1.79. The maximum absolute atomic E-state index is 13.4. The first-order valence-electron chi connectivity index (χ1n) is 5.39. The van der Waals surface area contributed by atoms with Crippen molar-refractivity contribution in [3.63, 3.8) is 0 Å². The average molecular weight is 302 g/mol. The zero-order chi connectivity index (χ0) is 12.4. The van der Waals surface area contributed by atoms with E-state index in [1.165, 1.54) is 12.1 Å². The summed E-state index contributed by atoms with van der Waals surface area (Å²) in [6, 6.07) is 4.41. The van der Waals surface area contributed by atoms with E-state index in [1.54, 1.807) is 13.2 Å². The highest BCUT2D eigenvalue weighted by Crippen LogP contribution is 2.23. The molecule has 1 aromatic rings. The van der Waals surface area contributed by atoms with Crippen LogP contribution in [-0.4, -0.2) is 25.2 Å². The van der Waals surface area contributed by atoms with Crippen molar-refractivity contribution in [3.05, 3.63) is 34.1 Å². The van der Waals surface area contributed by atoms with Gasteiger partial charge in [0.15, 0.2) is 0 Å². The molecule has 1 fully saturated rings. The number of hydrogen-bond acceptors (Lipinski definition) is 2. The normalized spacial score (nSPS) is 23.0. The highest BCUT2D eigenvalue weighted by molar-refractivity contribution is 9.10. The quantitative estimate of drug-likeness (QED) is 0.931. The van der Waals surface area contributed by atoms with E-state index in [4.69, 9.17) is 4.74 Å². The van der Waals surface area contributed by atoms with Crippen molar-refractivity contribution in [2.24, 2.45) is 0 Å². The Kier molecular flexibility index (Phi) is 3.79. The Balaban J connectivity index is 1.98. The second-order valence-electron chi connectivity index (χ2n) is 4.12. The van der Waals surface area contributed by atoms with E-state index in [0.717, 1.165) is 12.8 Å². The first-order chi connectivity index (χ1) is 8.10. The Morgan fingerprint density at radius 3 is 2.88 bits per heavy atom. The number of hydrogen-bond donors (Lipinski definition) is 1. The molecule has 0 radical (unpaired) electrons. The fraction of sp³-hybridized carbons (Fsp3) is 0.417. The molecule has 92 valence electrons. The third-order valence-electron chi connectivity index (χ3n) is 2.94. The van der Waals surface area contributed by atoms with Gasteiger partial charge in [0.05, 0.1) is 11.7 Å². The van der Waals surface area contributed by atoms with Crippen LogP contribution in [0.15, 0.2) is 22.7 Å². The molecule has 0 unspecified atom stereocenters. The molecule has 0 saturated heterocycles. The second-order valence-corrected chi connectivity index (χ2v) is 5.04. The molecule has 1 aliphatic carbocycles. The predicted octanol–water partition coefficient (Wildman–Crippen LogP) is 2.50. The van der Waals surface area contributed by atoms with Crippen molar-refractivity contribution in [2.75, 3.05) is 7.11 Å². The fourth-order valence-electron chi connectivity index (χ4n) is 1.81. The average Bonchev–Trinajstić information content (AvgIpc) is 2.25. The van der Waals surface area contributed by atoms with Gasteiger partial charge in [-0.05, 0) is 31.0 Å². The molecule has 0 aromatic heterocycles. The van der Waals surface area contributed by atoms with Gasteiger partial charge in [0, 0.05) is 17.6 Å². The lowest BCUT2D eigenvalue weighted by molar-refractivity contribution is 0.0175. The number of nitrogens with one attached hydrogen (secondary N) is 1. The number of carbonyl (C=O) groups is 1. The monoisotopic (exact) mass is 301 g/mol. The minimum atomic E-state index is -0.506. The molecule has 2 rings (SSSR count). The summed E-state index contributed by atoms with van der Waals surface area (Å²) in [5, 5.41) is 2.79. The van der Waals surface area contributed by atoms with Crippen LogP contribution in [0.3, 0.4) is 0 Å². The molecule has 1 aromatic carbocycles. The van der Waals surface area contributed by atoms with Crippen molar-refractivity contribution < 1.29 is 13.9 Å². The molecule has 0 aliphatic heterocycles. The van der Waals surface area contributed by atoms with Gasteiger partial charge >= 0.3 is 0 Å². The lowest BCUT2D eigenvalue weighted by Crippen LogP contribution is -2.47. The van der Waals surface area contributed by atoms with Crippen LogP contribution in [0, 0.1) is 5.82 Å². The fourth-order valence-corrected chi connectivity index (χ4v) is 2.17. The number of rotatable bonds is 3. The minimum absolute atomic E-state index is 0.0697. The zero-order valence-electron chi connectivity index (χ0n) is 9.37. The summed E-state index contributed by atoms with van der Waals surface area (Å²) >= 11 is 3.22. The van der Waals surface area contributed by atoms with E-state index < -0.39 is 5.82 Å². The van der Waals surface area contributed by atoms with Crippen molar-refractivity contribution in [3.8, 4) is 0 Å². The third kappa shape index (κ3) is 2.84. The molecule has 1 saturated carbocycles. The number of ether oxygens (including phenoxy) is 1. The number of halogens is 2. The molecule has 5 heteroatoms. The standard InChI is InChI=1S/C12H13BrFNO2/c1-17-9-5-8(6-9)15-12(16)10-4-7(13)2-3-11(10)14/h2-4,8-9H,5-6H2,1H3,(H,15,16). The molecule has 0 spiro atoms. The van der Waals surface area contributed by atoms with Gasteiger partial charge in [-0.25, -0.2) is 4.39 Å². The SMILES string of the molecule is COC1CC(NC(=O)c2cc(Br)ccc2F)C1. The lowest BCUT2D eigenvalue weighted by Gasteiger charge is -2.34. The van der Waals surface area contributed by atoms with Crippen LogP contribution >= 0.6 is 15.9 Å². The van der Waals surface area contributed by atoms with Crippen LogP contribution in [0.4, 0.5) is 4.39 Å². The van der Waals surface area contributed by atoms with Crippen molar-refractivity contribution in [1.82, 2.24) is 5.32 Å². The zero-order valence-corrected chi connectivity index (χ0v) is 11.0. The molecule has 0 heterocycles. The van der Waals surface area contributed by atoms with E-state index in [0.29, 0.717) is 4.47 Å². The molecular formula is C12H13BrFNO2. The Bertz CT molecular complexity index is 433. The van der Waals surface area contributed by atoms with Gasteiger partial charge in [0.25, 0.3) is 5.91 Å². The summed E-state index contributed by atoms with van der Waals surface area (Å²) < 4.78 is 19.2. The largest absolute Gasteiger partial charge is 0.381 e. The minimum Gasteiger partial charge on any atom is -0.381 e. The van der Waals surface area contributed by atoms with Crippen molar-refractivity contribution in [2.45, 2.75) is 25.0 Å². The Labute approximate surface area is 107 Å². The Hall–Kier alpha value is -0.940. The second kappa shape index (κ2) is 5.14. The van der Waals surface area contributed by atoms with Crippen LogP contribution in [0.25, 0.3) is 0 Å². The molecule has 1 aliphatic rings. The van der Waals surface area contributed by atoms with E-state index in [2.05, 4.69) is 21.2 Å². The van der Waals surface area contributed by atoms with Crippen LogP contribution in [-0.2, 0) is 4.74 Å². The first kappa shape index (κ1) is 12.5. The van der Waals surface area contributed by atoms with E-state index in [-0.39, 0.29) is 23.6 Å². The number of benzene rings is 1. The first-order valence-corrected chi connectivity index (χ1v) is 6.18. The van der Waals surface area contributed by atoms with E-state index >= 15 is 0 Å². The summed E-state index contributed by atoms with van der Waals surface area (Å²) in [6.45, 7) is 0. The topological polar surface area (TPSA) is 38.3 Å². The van der Waals surface area contributed by atoms with Crippen molar-refractivity contribution in [1.29, 1.82) is 0 Å². The van der Waals surface area contributed by atoms with Gasteiger partial charge in [-0.1, -0.05) is 15.9 Å². The molecule has 1 amide bonds. The Morgan fingerprint density at radius 1 is 1.53 bits per heavy atom. The van der Waals surface area contributed by atoms with Gasteiger partial charge in [-0.3, -0.25) is 4.79 Å². The van der Waals surface area contributed by atoms with Gasteiger partial charge in [0.2, 0.25) is 0 Å². The maximum Gasteiger partial charge on any atom is 0.254 e. The number of carbonyl (C=O) groups excluding carboxylic acids is 1. The lowest BCUT2D eigenvalue weighted by atomic mass is 9.89. The van der Waals surface area contributed by atoms with Gasteiger partial charge in [0.1, 0.15) is 5.82 Å². The van der Waals surface area contributed by atoms with Crippen molar-refractivity contribution >= 4 is 21.8 Å². The molecule has 0 bridgehead atoms. The van der Waals surface area contributed by atoms with Crippen LogP contribution < -0.4 is 5.32 Å². The van der Waals surface area contributed by atoms with Gasteiger partial charge in [-0.2, -0.15) is 0 Å². The summed E-state index contributed by atoms with van der Waals surface area (Å²) in [5.74, 6) is -0.878. The summed E-state index contributed by atoms with van der Waals surface area (Å²) in [7, 11) is 1.65. The maximum atomic E-state index is 13.4. The predicted molar refractivity (Wildman–Crippen MR) is 65.4 cm³/mol. The highest BCUT2D eigenvalue weighted by Gasteiger charge is 2.30. The van der Waals surface area contributed by atoms with E-state index in [1.807, 2.05) is 0 Å². The van der Waals surface area contributed by atoms with E-state index in [9.17, 15) is 9.18 Å². The molecular weight excluding hydrogens is 289 g/mol.